The second-order valence-electron chi connectivity index (χ2n) is 7.14. The van der Waals surface area contributed by atoms with Gasteiger partial charge in [-0.2, -0.15) is 0 Å². The average molecular weight is 288 g/mol. The van der Waals surface area contributed by atoms with Gasteiger partial charge in [-0.3, -0.25) is 4.79 Å². The van der Waals surface area contributed by atoms with E-state index in [1.165, 1.54) is 12.8 Å². The molecule has 1 aromatic heterocycles. The number of fused-ring (bicyclic) bond motifs is 1. The first-order valence-corrected chi connectivity index (χ1v) is 7.85. The molecule has 0 spiro atoms. The van der Waals surface area contributed by atoms with Gasteiger partial charge in [-0.05, 0) is 18.9 Å². The lowest BCUT2D eigenvalue weighted by Crippen LogP contribution is -2.62. The summed E-state index contributed by atoms with van der Waals surface area (Å²) in [5.41, 5.74) is -0.0833. The number of hydrogen-bond acceptors (Lipinski definition) is 4. The minimum absolute atomic E-state index is 0.0833. The van der Waals surface area contributed by atoms with E-state index < -0.39 is 0 Å². The molecule has 114 valence electrons. The van der Waals surface area contributed by atoms with Crippen LogP contribution in [0.15, 0.2) is 12.3 Å². The van der Waals surface area contributed by atoms with Crippen LogP contribution < -0.4 is 10.2 Å². The molecule has 5 heteroatoms. The smallest absolute Gasteiger partial charge is 0.239 e. The summed E-state index contributed by atoms with van der Waals surface area (Å²) in [4.78, 5) is 23.3. The molecule has 1 N–H and O–H groups in total. The van der Waals surface area contributed by atoms with E-state index in [9.17, 15) is 4.79 Å². The zero-order valence-electron chi connectivity index (χ0n) is 13.1. The molecule has 2 heterocycles. The molecule has 1 saturated heterocycles. The maximum Gasteiger partial charge on any atom is 0.239 e. The van der Waals surface area contributed by atoms with E-state index in [1.807, 2.05) is 12.3 Å². The van der Waals surface area contributed by atoms with Crippen LogP contribution >= 0.6 is 0 Å². The minimum atomic E-state index is -0.0833. The van der Waals surface area contributed by atoms with Gasteiger partial charge in [-0.15, -0.1) is 0 Å². The Kier molecular flexibility index (Phi) is 3.59. The lowest BCUT2D eigenvalue weighted by atomic mass is 9.87. The van der Waals surface area contributed by atoms with Crippen molar-refractivity contribution in [3.8, 4) is 0 Å². The molecule has 5 nitrogen and oxygen atoms in total. The highest BCUT2D eigenvalue weighted by Crippen LogP contribution is 2.29. The second kappa shape index (κ2) is 5.28. The van der Waals surface area contributed by atoms with Crippen LogP contribution in [0, 0.1) is 0 Å². The summed E-state index contributed by atoms with van der Waals surface area (Å²) < 4.78 is 0. The van der Waals surface area contributed by atoms with E-state index in [2.05, 4.69) is 36.0 Å². The molecule has 1 aliphatic heterocycles. The number of piperazine rings is 1. The quantitative estimate of drug-likeness (QED) is 0.859. The molecule has 1 saturated carbocycles. The molecule has 2 aliphatic rings. The van der Waals surface area contributed by atoms with Gasteiger partial charge in [0.2, 0.25) is 5.91 Å². The summed E-state index contributed by atoms with van der Waals surface area (Å²) in [6.07, 6.45) is 6.44. The normalized spacial score (nSPS) is 26.2. The Balaban J connectivity index is 1.92. The molecule has 2 atom stereocenters. The average Bonchev–Trinajstić information content (AvgIpc) is 2.45. The number of nitrogens with zero attached hydrogens (tertiary/aromatic N) is 3. The van der Waals surface area contributed by atoms with Crippen LogP contribution in [-0.2, 0) is 10.2 Å². The van der Waals surface area contributed by atoms with Crippen LogP contribution in [0.1, 0.15) is 52.3 Å². The second-order valence-corrected chi connectivity index (χ2v) is 7.14. The van der Waals surface area contributed by atoms with E-state index >= 15 is 0 Å². The van der Waals surface area contributed by atoms with Gasteiger partial charge in [0.15, 0.2) is 0 Å². The molecule has 1 aromatic rings. The predicted octanol–water partition coefficient (Wildman–Crippen LogP) is 2.02. The summed E-state index contributed by atoms with van der Waals surface area (Å²) in [6.45, 7) is 6.73. The highest BCUT2D eigenvalue weighted by Gasteiger charge is 2.37. The molecule has 1 aliphatic carbocycles. The largest absolute Gasteiger partial charge is 0.350 e. The van der Waals surface area contributed by atoms with Crippen LogP contribution in [0.2, 0.25) is 0 Å². The van der Waals surface area contributed by atoms with Gasteiger partial charge >= 0.3 is 0 Å². The first-order valence-electron chi connectivity index (χ1n) is 7.85. The Morgan fingerprint density at radius 2 is 2.05 bits per heavy atom. The summed E-state index contributed by atoms with van der Waals surface area (Å²) in [6, 6.07) is 2.58. The van der Waals surface area contributed by atoms with Crippen molar-refractivity contribution in [2.24, 2.45) is 0 Å². The van der Waals surface area contributed by atoms with E-state index in [0.29, 0.717) is 12.6 Å². The van der Waals surface area contributed by atoms with Crippen molar-refractivity contribution in [2.45, 2.75) is 64.0 Å². The zero-order chi connectivity index (χ0) is 15.0. The molecular formula is C16H24N4O. The first kappa shape index (κ1) is 14.3. The molecular weight excluding hydrogens is 264 g/mol. The number of aromatic nitrogens is 2. The summed E-state index contributed by atoms with van der Waals surface area (Å²) in [5, 5.41) is 3.14. The van der Waals surface area contributed by atoms with Crippen molar-refractivity contribution < 1.29 is 4.79 Å². The SMILES string of the molecule is CC(C)(C)c1nccc(N2CC(=O)N[C@@H]3CCCC[C@H]32)n1. The molecule has 2 fully saturated rings. The van der Waals surface area contributed by atoms with Crippen LogP contribution in [0.4, 0.5) is 5.82 Å². The Labute approximate surface area is 126 Å². The topological polar surface area (TPSA) is 58.1 Å². The third kappa shape index (κ3) is 2.87. The summed E-state index contributed by atoms with van der Waals surface area (Å²) in [5.74, 6) is 1.83. The van der Waals surface area contributed by atoms with E-state index in [4.69, 9.17) is 4.98 Å². The molecule has 0 radical (unpaired) electrons. The number of nitrogens with one attached hydrogen (secondary N) is 1. The van der Waals surface area contributed by atoms with E-state index in [0.717, 1.165) is 24.5 Å². The van der Waals surface area contributed by atoms with Gasteiger partial charge in [0, 0.05) is 17.7 Å². The highest BCUT2D eigenvalue weighted by molar-refractivity contribution is 5.83. The van der Waals surface area contributed by atoms with Crippen molar-refractivity contribution in [2.75, 3.05) is 11.4 Å². The lowest BCUT2D eigenvalue weighted by Gasteiger charge is -2.44. The third-order valence-corrected chi connectivity index (χ3v) is 4.40. The standard InChI is InChI=1S/C16H24N4O/c1-16(2,3)15-17-9-8-13(19-15)20-10-14(21)18-11-6-4-5-7-12(11)20/h8-9,11-12H,4-7,10H2,1-3H3,(H,18,21)/t11-,12-/m1/s1. The van der Waals surface area contributed by atoms with Crippen LogP contribution in [0.5, 0.6) is 0 Å². The Bertz CT molecular complexity index is 537. The van der Waals surface area contributed by atoms with Crippen molar-refractivity contribution in [1.29, 1.82) is 0 Å². The highest BCUT2D eigenvalue weighted by atomic mass is 16.2. The van der Waals surface area contributed by atoms with Gasteiger partial charge in [0.25, 0.3) is 0 Å². The minimum Gasteiger partial charge on any atom is -0.350 e. The molecule has 21 heavy (non-hydrogen) atoms. The molecule has 0 aromatic carbocycles. The molecule has 1 amide bonds. The van der Waals surface area contributed by atoms with Crippen molar-refractivity contribution in [3.63, 3.8) is 0 Å². The number of carbonyl (C=O) groups is 1. The Morgan fingerprint density at radius 3 is 2.81 bits per heavy atom. The Hall–Kier alpha value is -1.65. The van der Waals surface area contributed by atoms with Crippen molar-refractivity contribution >= 4 is 11.7 Å². The predicted molar refractivity (Wildman–Crippen MR) is 82.3 cm³/mol. The monoisotopic (exact) mass is 288 g/mol. The number of hydrogen-bond donors (Lipinski definition) is 1. The first-order chi connectivity index (χ1) is 9.95. The van der Waals surface area contributed by atoms with Gasteiger partial charge in [-0.25, -0.2) is 9.97 Å². The van der Waals surface area contributed by atoms with Gasteiger partial charge in [0.1, 0.15) is 11.6 Å². The van der Waals surface area contributed by atoms with Gasteiger partial charge in [0.05, 0.1) is 12.6 Å². The van der Waals surface area contributed by atoms with Crippen molar-refractivity contribution in [3.05, 3.63) is 18.1 Å². The van der Waals surface area contributed by atoms with Gasteiger partial charge < -0.3 is 10.2 Å². The number of rotatable bonds is 1. The fourth-order valence-corrected chi connectivity index (χ4v) is 3.30. The van der Waals surface area contributed by atoms with Crippen molar-refractivity contribution in [1.82, 2.24) is 15.3 Å². The molecule has 3 rings (SSSR count). The molecule has 0 bridgehead atoms. The molecule has 0 unspecified atom stereocenters. The van der Waals surface area contributed by atoms with Crippen LogP contribution in [0.25, 0.3) is 0 Å². The van der Waals surface area contributed by atoms with Crippen LogP contribution in [-0.4, -0.2) is 34.5 Å². The maximum atomic E-state index is 12.0. The van der Waals surface area contributed by atoms with E-state index in [-0.39, 0.29) is 17.4 Å². The third-order valence-electron chi connectivity index (χ3n) is 4.40. The summed E-state index contributed by atoms with van der Waals surface area (Å²) >= 11 is 0. The number of anilines is 1. The Morgan fingerprint density at radius 1 is 1.29 bits per heavy atom. The fraction of sp³-hybridized carbons (Fsp3) is 0.688. The lowest BCUT2D eigenvalue weighted by molar-refractivity contribution is -0.122. The number of amides is 1. The van der Waals surface area contributed by atoms with Gasteiger partial charge in [-0.1, -0.05) is 33.6 Å². The summed E-state index contributed by atoms with van der Waals surface area (Å²) in [7, 11) is 0. The van der Waals surface area contributed by atoms with E-state index in [1.54, 1.807) is 0 Å². The van der Waals surface area contributed by atoms with Crippen LogP contribution in [0.3, 0.4) is 0 Å². The zero-order valence-corrected chi connectivity index (χ0v) is 13.1. The maximum absolute atomic E-state index is 12.0. The number of carbonyl (C=O) groups excluding carboxylic acids is 1. The fourth-order valence-electron chi connectivity index (χ4n) is 3.30.